The molecule has 0 radical (unpaired) electrons. The van der Waals surface area contributed by atoms with Gasteiger partial charge in [-0.15, -0.1) is 4.99 Å². The molecule has 1 aromatic heterocycles. The van der Waals surface area contributed by atoms with E-state index < -0.39 is 17.9 Å². The maximum atomic E-state index is 14.7. The fourth-order valence-electron chi connectivity index (χ4n) is 2.88. The monoisotopic (exact) mass is 402 g/mol. The molecule has 0 bridgehead atoms. The number of guanidine groups is 1. The second-order valence-corrected chi connectivity index (χ2v) is 6.64. The van der Waals surface area contributed by atoms with Crippen LogP contribution in [0.1, 0.15) is 16.7 Å². The molecule has 0 atom stereocenters. The van der Waals surface area contributed by atoms with Crippen molar-refractivity contribution in [1.29, 1.82) is 0 Å². The van der Waals surface area contributed by atoms with Gasteiger partial charge in [0.05, 0.1) is 6.10 Å². The number of halogens is 1. The van der Waals surface area contributed by atoms with E-state index in [1.807, 2.05) is 4.90 Å². The van der Waals surface area contributed by atoms with Gasteiger partial charge in [-0.25, -0.2) is 19.2 Å². The summed E-state index contributed by atoms with van der Waals surface area (Å²) in [6, 6.07) is 4.94. The molecule has 0 spiro atoms. The zero-order valence-electron chi connectivity index (χ0n) is 16.0. The first-order chi connectivity index (χ1) is 14.0. The minimum atomic E-state index is -0.967. The van der Waals surface area contributed by atoms with Gasteiger partial charge in [0.2, 0.25) is 5.95 Å². The fourth-order valence-corrected chi connectivity index (χ4v) is 2.88. The van der Waals surface area contributed by atoms with Gasteiger partial charge >= 0.3 is 6.09 Å². The number of nitrogens with two attached hydrogens (primary N) is 2. The van der Waals surface area contributed by atoms with Crippen LogP contribution in [0, 0.1) is 5.82 Å². The molecule has 1 amide bonds. The molecule has 1 aliphatic heterocycles. The minimum absolute atomic E-state index is 0.229. The first kappa shape index (κ1) is 20.5. The van der Waals surface area contributed by atoms with E-state index in [0.717, 1.165) is 18.7 Å². The molecule has 1 fully saturated rings. The summed E-state index contributed by atoms with van der Waals surface area (Å²) in [6.07, 6.45) is 3.80. The number of aryl methyl sites for hydroxylation is 2. The van der Waals surface area contributed by atoms with Crippen LogP contribution in [-0.2, 0) is 28.9 Å². The van der Waals surface area contributed by atoms with Crippen molar-refractivity contribution in [2.24, 2.45) is 16.5 Å². The lowest BCUT2D eigenvalue weighted by Gasteiger charge is -2.37. The predicted molar refractivity (Wildman–Crippen MR) is 105 cm³/mol. The van der Waals surface area contributed by atoms with Crippen molar-refractivity contribution in [3.8, 4) is 0 Å². The van der Waals surface area contributed by atoms with Crippen molar-refractivity contribution < 1.29 is 18.7 Å². The summed E-state index contributed by atoms with van der Waals surface area (Å²) in [4.78, 5) is 25.3. The van der Waals surface area contributed by atoms with Crippen LogP contribution in [0.15, 0.2) is 35.6 Å². The molecule has 1 aliphatic rings. The van der Waals surface area contributed by atoms with Crippen LogP contribution in [0.2, 0.25) is 0 Å². The Morgan fingerprint density at radius 1 is 1.24 bits per heavy atom. The number of rotatable bonds is 7. The second kappa shape index (κ2) is 9.28. The Morgan fingerprint density at radius 2 is 1.93 bits per heavy atom. The Morgan fingerprint density at radius 3 is 2.59 bits per heavy atom. The third-order valence-corrected chi connectivity index (χ3v) is 4.57. The largest absolute Gasteiger partial charge is 0.443 e. The summed E-state index contributed by atoms with van der Waals surface area (Å²) in [6.45, 7) is 1.30. The minimum Gasteiger partial charge on any atom is -0.443 e. The number of carbonyl (C=O) groups is 1. The van der Waals surface area contributed by atoms with Gasteiger partial charge < -0.3 is 25.8 Å². The molecule has 9 nitrogen and oxygen atoms in total. The van der Waals surface area contributed by atoms with Gasteiger partial charge in [0.25, 0.3) is 0 Å². The second-order valence-electron chi connectivity index (χ2n) is 6.64. The van der Waals surface area contributed by atoms with Crippen LogP contribution in [0.3, 0.4) is 0 Å². The van der Waals surface area contributed by atoms with Crippen molar-refractivity contribution in [1.82, 2.24) is 9.97 Å². The topological polar surface area (TPSA) is 129 Å². The highest BCUT2D eigenvalue weighted by molar-refractivity contribution is 5.87. The van der Waals surface area contributed by atoms with E-state index >= 15 is 0 Å². The number of anilines is 1. The third kappa shape index (κ3) is 5.38. The number of aliphatic imine (C=N–C) groups is 1. The van der Waals surface area contributed by atoms with Gasteiger partial charge in [0, 0.05) is 38.2 Å². The molecule has 3 rings (SSSR count). The molecular formula is C19H23FN6O3. The van der Waals surface area contributed by atoms with Gasteiger partial charge in [0.15, 0.2) is 5.96 Å². The summed E-state index contributed by atoms with van der Waals surface area (Å²) in [5, 5.41) is 0. The highest BCUT2D eigenvalue weighted by Crippen LogP contribution is 2.19. The number of hydrogen-bond donors (Lipinski definition) is 2. The molecular weight excluding hydrogens is 379 g/mol. The Kier molecular flexibility index (Phi) is 6.55. The van der Waals surface area contributed by atoms with Crippen LogP contribution < -0.4 is 16.4 Å². The van der Waals surface area contributed by atoms with Gasteiger partial charge in [-0.3, -0.25) is 0 Å². The molecule has 29 heavy (non-hydrogen) atoms. The molecule has 1 aromatic carbocycles. The van der Waals surface area contributed by atoms with Gasteiger partial charge in [-0.2, -0.15) is 0 Å². The van der Waals surface area contributed by atoms with Crippen molar-refractivity contribution in [3.05, 3.63) is 53.1 Å². The van der Waals surface area contributed by atoms with E-state index in [1.54, 1.807) is 37.7 Å². The van der Waals surface area contributed by atoms with Crippen molar-refractivity contribution >= 4 is 18.0 Å². The van der Waals surface area contributed by atoms with Gasteiger partial charge in [-0.05, 0) is 24.0 Å². The van der Waals surface area contributed by atoms with E-state index in [1.165, 1.54) is 0 Å². The number of hydrogen-bond acceptors (Lipinski definition) is 6. The number of benzene rings is 1. The van der Waals surface area contributed by atoms with Crippen LogP contribution in [0.4, 0.5) is 15.1 Å². The molecule has 0 aliphatic carbocycles. The standard InChI is InChI=1S/C19H23FN6O3/c1-28-15-9-26(10-15)18-23-7-12(8-24-18)5-6-13-3-2-4-14(16(13)20)11-29-19(27)25-17(21)22/h2-4,7-8,15H,5-6,9-11H2,1H3,(H4,21,22,25,27). The number of carbonyl (C=O) groups excluding carboxylic acids is 1. The Balaban J connectivity index is 1.55. The van der Waals surface area contributed by atoms with Gasteiger partial charge in [-0.1, -0.05) is 18.2 Å². The van der Waals surface area contributed by atoms with E-state index in [0.29, 0.717) is 24.4 Å². The lowest BCUT2D eigenvalue weighted by Crippen LogP contribution is -2.52. The average Bonchev–Trinajstić information content (AvgIpc) is 2.66. The summed E-state index contributed by atoms with van der Waals surface area (Å²) in [5.74, 6) is -0.170. The van der Waals surface area contributed by atoms with Gasteiger partial charge in [0.1, 0.15) is 12.4 Å². The molecule has 154 valence electrons. The molecule has 10 heteroatoms. The van der Waals surface area contributed by atoms with E-state index in [9.17, 15) is 9.18 Å². The number of ether oxygens (including phenoxy) is 2. The Hall–Kier alpha value is -3.27. The maximum absolute atomic E-state index is 14.7. The van der Waals surface area contributed by atoms with E-state index in [4.69, 9.17) is 20.9 Å². The molecule has 1 saturated heterocycles. The Labute approximate surface area is 167 Å². The number of aromatic nitrogens is 2. The summed E-state index contributed by atoms with van der Waals surface area (Å²) < 4.78 is 24.7. The van der Waals surface area contributed by atoms with Crippen LogP contribution in [-0.4, -0.2) is 48.3 Å². The fraction of sp³-hybridized carbons (Fsp3) is 0.368. The summed E-state index contributed by atoms with van der Waals surface area (Å²) in [7, 11) is 1.69. The zero-order chi connectivity index (χ0) is 20.8. The maximum Gasteiger partial charge on any atom is 0.437 e. The Bertz CT molecular complexity index is 880. The lowest BCUT2D eigenvalue weighted by molar-refractivity contribution is 0.0778. The van der Waals surface area contributed by atoms with Crippen molar-refractivity contribution in [3.63, 3.8) is 0 Å². The van der Waals surface area contributed by atoms with Crippen molar-refractivity contribution in [2.45, 2.75) is 25.6 Å². The van der Waals surface area contributed by atoms with Crippen molar-refractivity contribution in [2.75, 3.05) is 25.1 Å². The molecule has 2 aromatic rings. The highest BCUT2D eigenvalue weighted by Gasteiger charge is 2.28. The van der Waals surface area contributed by atoms with E-state index in [-0.39, 0.29) is 18.3 Å². The van der Waals surface area contributed by atoms with Crippen LogP contribution in [0.25, 0.3) is 0 Å². The third-order valence-electron chi connectivity index (χ3n) is 4.57. The first-order valence-electron chi connectivity index (χ1n) is 9.07. The smallest absolute Gasteiger partial charge is 0.437 e. The lowest BCUT2D eigenvalue weighted by atomic mass is 10.0. The quantitative estimate of drug-likeness (QED) is 0.521. The summed E-state index contributed by atoms with van der Waals surface area (Å²) in [5.41, 5.74) is 11.9. The highest BCUT2D eigenvalue weighted by atomic mass is 19.1. The normalized spacial score (nSPS) is 13.7. The predicted octanol–water partition coefficient (Wildman–Crippen LogP) is 1.15. The molecule has 0 unspecified atom stereocenters. The van der Waals surface area contributed by atoms with E-state index in [2.05, 4.69) is 15.0 Å². The summed E-state index contributed by atoms with van der Waals surface area (Å²) >= 11 is 0. The molecule has 4 N–H and O–H groups in total. The average molecular weight is 402 g/mol. The number of methoxy groups -OCH3 is 1. The first-order valence-corrected chi connectivity index (χ1v) is 9.07. The van der Waals surface area contributed by atoms with Crippen LogP contribution in [0.5, 0.6) is 0 Å². The number of nitrogens with zero attached hydrogens (tertiary/aromatic N) is 4. The molecule has 2 heterocycles. The SMILES string of the molecule is COC1CN(c2ncc(CCc3cccc(COC(=O)N=C(N)N)c3F)cn2)C1. The zero-order valence-corrected chi connectivity index (χ0v) is 16.0. The van der Waals surface area contributed by atoms with Crippen LogP contribution >= 0.6 is 0 Å². The number of amides is 1. The molecule has 0 saturated carbocycles.